The molecule has 1 aliphatic rings. The van der Waals surface area contributed by atoms with Crippen molar-refractivity contribution in [3.8, 4) is 11.8 Å². The molecule has 1 aromatic carbocycles. The fraction of sp³-hybridized carbons (Fsp3) is 0.281. The maximum absolute atomic E-state index is 6.62. The molecule has 0 saturated heterocycles. The molecule has 3 nitrogen and oxygen atoms in total. The Morgan fingerprint density at radius 2 is 1.89 bits per heavy atom. The molecule has 1 saturated carbocycles. The molecule has 0 unspecified atom stereocenters. The lowest BCUT2D eigenvalue weighted by molar-refractivity contribution is 0.517. The van der Waals surface area contributed by atoms with Crippen LogP contribution in [0.4, 0.5) is 5.69 Å². The van der Waals surface area contributed by atoms with Gasteiger partial charge in [0.2, 0.25) is 0 Å². The molecule has 2 aromatic rings. The second-order valence-electron chi connectivity index (χ2n) is 9.10. The predicted octanol–water partition coefficient (Wildman–Crippen LogP) is 7.47. The van der Waals surface area contributed by atoms with Gasteiger partial charge in [-0.1, -0.05) is 62.4 Å². The van der Waals surface area contributed by atoms with Gasteiger partial charge < -0.3 is 15.6 Å². The summed E-state index contributed by atoms with van der Waals surface area (Å²) in [4.78, 5) is 0. The van der Waals surface area contributed by atoms with Crippen molar-refractivity contribution in [3.05, 3.63) is 107 Å². The summed E-state index contributed by atoms with van der Waals surface area (Å²) in [6.45, 7) is 18.4. The van der Waals surface area contributed by atoms with Gasteiger partial charge in [-0.05, 0) is 76.7 Å². The number of hydrogen-bond acceptors (Lipinski definition) is 2. The Balaban J connectivity index is 2.31. The molecule has 3 rings (SSSR count). The Hall–Kier alpha value is -3.86. The number of anilines is 1. The molecule has 3 heteroatoms. The first-order chi connectivity index (χ1) is 16.8. The van der Waals surface area contributed by atoms with E-state index in [0.717, 1.165) is 58.7 Å². The van der Waals surface area contributed by atoms with Crippen molar-refractivity contribution in [2.75, 3.05) is 5.32 Å². The second-order valence-corrected chi connectivity index (χ2v) is 9.10. The van der Waals surface area contributed by atoms with E-state index in [1.165, 1.54) is 5.56 Å². The zero-order chi connectivity index (χ0) is 25.6. The third kappa shape index (κ3) is 5.46. The quantitative estimate of drug-likeness (QED) is 0.242. The summed E-state index contributed by atoms with van der Waals surface area (Å²) in [5.41, 5.74) is 18.3. The number of rotatable bonds is 8. The average Bonchev–Trinajstić information content (AvgIpc) is 3.52. The van der Waals surface area contributed by atoms with Crippen LogP contribution in [0, 0.1) is 18.8 Å². The summed E-state index contributed by atoms with van der Waals surface area (Å²) in [6, 6.07) is 8.43. The molecule has 0 radical (unpaired) electrons. The summed E-state index contributed by atoms with van der Waals surface area (Å²) in [6.07, 6.45) is 12.8. The molecule has 0 bridgehead atoms. The van der Waals surface area contributed by atoms with Crippen molar-refractivity contribution in [3.63, 3.8) is 0 Å². The van der Waals surface area contributed by atoms with Crippen molar-refractivity contribution in [2.24, 2.45) is 5.73 Å². The SMILES string of the molecule is C=C=C(Nc1ccc(CC)cc1)c1c(/C(N)=C\C=C)c(C)n(C2(C)CC2)c1C#CC(/C=C\C)=C/C. The van der Waals surface area contributed by atoms with E-state index < -0.39 is 0 Å². The van der Waals surface area contributed by atoms with Crippen molar-refractivity contribution in [1.82, 2.24) is 4.57 Å². The maximum Gasteiger partial charge on any atom is 0.104 e. The number of nitrogens with one attached hydrogen (secondary N) is 1. The molecule has 0 aliphatic heterocycles. The molecule has 1 aromatic heterocycles. The topological polar surface area (TPSA) is 43.0 Å². The molecule has 1 aliphatic carbocycles. The van der Waals surface area contributed by atoms with Gasteiger partial charge >= 0.3 is 0 Å². The number of benzene rings is 1. The smallest absolute Gasteiger partial charge is 0.104 e. The van der Waals surface area contributed by atoms with Crippen molar-refractivity contribution in [2.45, 2.75) is 59.4 Å². The molecular formula is C32H37N3. The number of allylic oxidation sites excluding steroid dienone is 6. The molecule has 3 N–H and O–H groups in total. The van der Waals surface area contributed by atoms with Crippen molar-refractivity contribution < 1.29 is 0 Å². The summed E-state index contributed by atoms with van der Waals surface area (Å²) >= 11 is 0. The third-order valence-electron chi connectivity index (χ3n) is 6.55. The van der Waals surface area contributed by atoms with E-state index in [2.05, 4.69) is 85.7 Å². The van der Waals surface area contributed by atoms with Crippen molar-refractivity contribution >= 4 is 17.1 Å². The molecule has 1 heterocycles. The Kier molecular flexibility index (Phi) is 8.13. The fourth-order valence-electron chi connectivity index (χ4n) is 4.38. The average molecular weight is 464 g/mol. The molecule has 1 fully saturated rings. The number of aromatic nitrogens is 1. The minimum atomic E-state index is 0.0152. The largest absolute Gasteiger partial charge is 0.398 e. The van der Waals surface area contributed by atoms with Crippen LogP contribution >= 0.6 is 0 Å². The van der Waals surface area contributed by atoms with Crippen LogP contribution in [0.5, 0.6) is 0 Å². The second kappa shape index (κ2) is 11.0. The maximum atomic E-state index is 6.62. The van der Waals surface area contributed by atoms with Crippen LogP contribution in [0.3, 0.4) is 0 Å². The van der Waals surface area contributed by atoms with E-state index in [9.17, 15) is 0 Å². The standard InChI is InChI=1S/C32H37N3/c1-8-13-24(10-3)17-20-29-31(28(12-5)34-26-18-15-25(11-4)16-19-26)30(27(33)14-9-2)23(6)35(29)32(7)21-22-32/h8-10,13-16,18-19,34H,2,5,11,21-22,33H2,1,3-4,6-7H3/b13-8-,24-10+,27-14+. The lowest BCUT2D eigenvalue weighted by atomic mass is 10.0. The molecule has 0 spiro atoms. The van der Waals surface area contributed by atoms with Gasteiger partial charge in [0, 0.05) is 39.3 Å². The highest BCUT2D eigenvalue weighted by Gasteiger charge is 2.43. The van der Waals surface area contributed by atoms with E-state index in [0.29, 0.717) is 5.70 Å². The highest BCUT2D eigenvalue weighted by atomic mass is 15.1. The van der Waals surface area contributed by atoms with Crippen LogP contribution in [0.1, 0.15) is 68.6 Å². The monoisotopic (exact) mass is 463 g/mol. The normalized spacial score (nSPS) is 14.8. The lowest BCUT2D eigenvalue weighted by Gasteiger charge is -2.17. The van der Waals surface area contributed by atoms with Crippen LogP contribution in [0.25, 0.3) is 11.4 Å². The number of hydrogen-bond donors (Lipinski definition) is 2. The van der Waals surface area contributed by atoms with E-state index in [1.807, 2.05) is 38.2 Å². The van der Waals surface area contributed by atoms with Crippen LogP contribution < -0.4 is 11.1 Å². The Bertz CT molecular complexity index is 1300. The van der Waals surface area contributed by atoms with Crippen LogP contribution in [-0.2, 0) is 12.0 Å². The highest BCUT2D eigenvalue weighted by molar-refractivity contribution is 5.88. The van der Waals surface area contributed by atoms with Gasteiger partial charge in [0.15, 0.2) is 0 Å². The third-order valence-corrected chi connectivity index (χ3v) is 6.55. The highest BCUT2D eigenvalue weighted by Crippen LogP contribution is 2.48. The molecular weight excluding hydrogens is 426 g/mol. The Morgan fingerprint density at radius 3 is 2.40 bits per heavy atom. The van der Waals surface area contributed by atoms with Gasteiger partial charge in [0.1, 0.15) is 5.69 Å². The fourth-order valence-corrected chi connectivity index (χ4v) is 4.38. The number of nitrogens with two attached hydrogens (primary N) is 1. The van der Waals surface area contributed by atoms with E-state index in [1.54, 1.807) is 6.08 Å². The molecule has 0 atom stereocenters. The first-order valence-electron chi connectivity index (χ1n) is 12.2. The molecule has 35 heavy (non-hydrogen) atoms. The van der Waals surface area contributed by atoms with Gasteiger partial charge in [-0.25, -0.2) is 0 Å². The van der Waals surface area contributed by atoms with Crippen LogP contribution in [-0.4, -0.2) is 4.57 Å². The van der Waals surface area contributed by atoms with Crippen molar-refractivity contribution in [1.29, 1.82) is 0 Å². The van der Waals surface area contributed by atoms with Gasteiger partial charge in [0.25, 0.3) is 0 Å². The van der Waals surface area contributed by atoms with Gasteiger partial charge in [-0.2, -0.15) is 0 Å². The number of nitrogens with zero attached hydrogens (tertiary/aromatic N) is 1. The van der Waals surface area contributed by atoms with Crippen LogP contribution in [0.15, 0.2) is 79.1 Å². The summed E-state index contributed by atoms with van der Waals surface area (Å²) < 4.78 is 2.36. The first-order valence-corrected chi connectivity index (χ1v) is 12.2. The van der Waals surface area contributed by atoms with E-state index in [-0.39, 0.29) is 5.54 Å². The predicted molar refractivity (Wildman–Crippen MR) is 152 cm³/mol. The minimum Gasteiger partial charge on any atom is -0.398 e. The Labute approximate surface area is 211 Å². The van der Waals surface area contributed by atoms with E-state index >= 15 is 0 Å². The molecule has 0 amide bonds. The first kappa shape index (κ1) is 25.8. The zero-order valence-electron chi connectivity index (χ0n) is 21.8. The van der Waals surface area contributed by atoms with Crippen LogP contribution in [0.2, 0.25) is 0 Å². The van der Waals surface area contributed by atoms with Gasteiger partial charge in [-0.15, -0.1) is 5.73 Å². The Morgan fingerprint density at radius 1 is 1.20 bits per heavy atom. The summed E-state index contributed by atoms with van der Waals surface area (Å²) in [7, 11) is 0. The minimum absolute atomic E-state index is 0.0152. The van der Waals surface area contributed by atoms with Gasteiger partial charge in [-0.3, -0.25) is 0 Å². The van der Waals surface area contributed by atoms with E-state index in [4.69, 9.17) is 5.73 Å². The summed E-state index contributed by atoms with van der Waals surface area (Å²) in [5.74, 6) is 6.87. The summed E-state index contributed by atoms with van der Waals surface area (Å²) in [5, 5.41) is 3.54. The lowest BCUT2D eigenvalue weighted by Crippen LogP contribution is -2.16. The molecule has 180 valence electrons. The van der Waals surface area contributed by atoms with Gasteiger partial charge in [0.05, 0.1) is 5.70 Å². The zero-order valence-corrected chi connectivity index (χ0v) is 21.8. The number of aryl methyl sites for hydroxylation is 1.